The second-order valence-corrected chi connectivity index (χ2v) is 8.66. The molecule has 1 aliphatic carbocycles. The Labute approximate surface area is 228 Å². The molecule has 1 rings (SSSR count). The molecule has 0 amide bonds. The molecule has 0 saturated heterocycles. The van der Waals surface area contributed by atoms with Crippen LogP contribution in [0.4, 0.5) is 0 Å². The average Bonchev–Trinajstić information content (AvgIpc) is 2.84. The van der Waals surface area contributed by atoms with E-state index >= 15 is 0 Å². The number of aliphatic hydroxyl groups excluding tert-OH is 3. The first-order valence-electron chi connectivity index (χ1n) is 12.7. The lowest BCUT2D eigenvalue weighted by molar-refractivity contribution is -0.139. The van der Waals surface area contributed by atoms with Crippen molar-refractivity contribution in [3.8, 4) is 0 Å². The smallest absolute Gasteiger partial charge is 0.343 e. The summed E-state index contributed by atoms with van der Waals surface area (Å²) in [4.78, 5) is 49.9. The normalized spacial score (nSPS) is 21.8. The summed E-state index contributed by atoms with van der Waals surface area (Å²) >= 11 is 0. The predicted octanol–water partition coefficient (Wildman–Crippen LogP) is 3.67. The van der Waals surface area contributed by atoms with Gasteiger partial charge in [-0.15, -0.1) is 0 Å². The third-order valence-electron chi connectivity index (χ3n) is 5.53. The number of allylic oxidation sites excluding steroid dienone is 3. The molecule has 0 aliphatic heterocycles. The third-order valence-corrected chi connectivity index (χ3v) is 5.53. The maximum Gasteiger partial charge on any atom is 0.343 e. The van der Waals surface area contributed by atoms with E-state index in [0.29, 0.717) is 19.3 Å². The van der Waals surface area contributed by atoms with Gasteiger partial charge in [-0.1, -0.05) is 0 Å². The second-order valence-electron chi connectivity index (χ2n) is 8.66. The van der Waals surface area contributed by atoms with Crippen molar-refractivity contribution in [1.29, 1.82) is 0 Å². The topological polar surface area (TPSA) is 177 Å². The molecule has 39 heavy (non-hydrogen) atoms. The molecule has 1 fully saturated rings. The molecule has 0 aromatic carbocycles. The molecular formula is C27H39N3O9. The lowest BCUT2D eigenvalue weighted by atomic mass is 9.87. The number of nitrogens with zero attached hydrogens (tertiary/aromatic N) is 3. The van der Waals surface area contributed by atoms with E-state index in [1.165, 1.54) is 39.4 Å². The molecule has 12 heteroatoms. The van der Waals surface area contributed by atoms with Gasteiger partial charge in [0.05, 0.1) is 37.9 Å². The number of rotatable bonds is 12. The van der Waals surface area contributed by atoms with Gasteiger partial charge in [-0.2, -0.15) is 0 Å². The SMILES string of the molecule is CCOC(=O)C(C=NC1CC(N=CC(C(=O)OCC)=C(C)O)CC(N=CC(C(=O)OCC)=C(C)O)C1)=C(C)O. The van der Waals surface area contributed by atoms with E-state index in [1.807, 2.05) is 0 Å². The van der Waals surface area contributed by atoms with Gasteiger partial charge in [0, 0.05) is 18.6 Å². The van der Waals surface area contributed by atoms with Gasteiger partial charge in [-0.05, 0) is 60.8 Å². The highest BCUT2D eigenvalue weighted by molar-refractivity contribution is 6.11. The van der Waals surface area contributed by atoms with Gasteiger partial charge in [0.2, 0.25) is 0 Å². The summed E-state index contributed by atoms with van der Waals surface area (Å²) in [6, 6.07) is -1.24. The molecular weight excluding hydrogens is 510 g/mol. The highest BCUT2D eigenvalue weighted by Crippen LogP contribution is 2.27. The Bertz CT molecular complexity index is 919. The van der Waals surface area contributed by atoms with E-state index < -0.39 is 36.0 Å². The van der Waals surface area contributed by atoms with Crippen LogP contribution in [0.5, 0.6) is 0 Å². The minimum absolute atomic E-state index is 0.0885. The van der Waals surface area contributed by atoms with Crippen molar-refractivity contribution in [2.24, 2.45) is 15.0 Å². The first-order chi connectivity index (χ1) is 18.4. The molecule has 0 radical (unpaired) electrons. The summed E-state index contributed by atoms with van der Waals surface area (Å²) in [6.07, 6.45) is 4.94. The van der Waals surface area contributed by atoms with E-state index in [2.05, 4.69) is 15.0 Å². The zero-order chi connectivity index (χ0) is 29.5. The van der Waals surface area contributed by atoms with Gasteiger partial charge in [0.15, 0.2) is 0 Å². The zero-order valence-corrected chi connectivity index (χ0v) is 23.3. The first-order valence-corrected chi connectivity index (χ1v) is 12.7. The van der Waals surface area contributed by atoms with Crippen molar-refractivity contribution in [2.45, 2.75) is 78.9 Å². The quantitative estimate of drug-likeness (QED) is 0.108. The number of carbonyl (C=O) groups excluding carboxylic acids is 3. The van der Waals surface area contributed by atoms with Crippen molar-refractivity contribution >= 4 is 36.6 Å². The second kappa shape index (κ2) is 16.8. The lowest BCUT2D eigenvalue weighted by Gasteiger charge is -2.29. The molecule has 3 N–H and O–H groups in total. The number of ether oxygens (including phenoxy) is 3. The molecule has 0 aromatic rings. The monoisotopic (exact) mass is 549 g/mol. The maximum absolute atomic E-state index is 12.2. The Morgan fingerprint density at radius 3 is 1.00 bits per heavy atom. The summed E-state index contributed by atoms with van der Waals surface area (Å²) in [5.41, 5.74) is -0.266. The van der Waals surface area contributed by atoms with Gasteiger partial charge in [0.1, 0.15) is 34.0 Å². The van der Waals surface area contributed by atoms with Crippen LogP contribution in [0.1, 0.15) is 60.8 Å². The van der Waals surface area contributed by atoms with E-state index in [1.54, 1.807) is 20.8 Å². The Hall–Kier alpha value is -3.96. The maximum atomic E-state index is 12.2. The van der Waals surface area contributed by atoms with Crippen LogP contribution < -0.4 is 0 Å². The minimum atomic E-state index is -0.716. The summed E-state index contributed by atoms with van der Waals surface area (Å²) in [6.45, 7) is 9.36. The third kappa shape index (κ3) is 11.1. The van der Waals surface area contributed by atoms with Crippen molar-refractivity contribution in [3.63, 3.8) is 0 Å². The van der Waals surface area contributed by atoms with Crippen LogP contribution >= 0.6 is 0 Å². The minimum Gasteiger partial charge on any atom is -0.512 e. The van der Waals surface area contributed by atoms with Crippen LogP contribution in [-0.2, 0) is 28.6 Å². The van der Waals surface area contributed by atoms with Crippen LogP contribution in [0.15, 0.2) is 49.0 Å². The van der Waals surface area contributed by atoms with Crippen molar-refractivity contribution in [2.75, 3.05) is 19.8 Å². The van der Waals surface area contributed by atoms with Gasteiger partial charge < -0.3 is 29.5 Å². The van der Waals surface area contributed by atoms with Crippen molar-refractivity contribution in [3.05, 3.63) is 34.0 Å². The Morgan fingerprint density at radius 1 is 0.590 bits per heavy atom. The van der Waals surface area contributed by atoms with Gasteiger partial charge >= 0.3 is 17.9 Å². The van der Waals surface area contributed by atoms with E-state index in [4.69, 9.17) is 14.2 Å². The summed E-state index contributed by atoms with van der Waals surface area (Å²) in [7, 11) is 0. The van der Waals surface area contributed by atoms with Gasteiger partial charge in [-0.3, -0.25) is 15.0 Å². The number of aliphatic hydroxyl groups is 3. The number of esters is 3. The molecule has 1 aliphatic rings. The molecule has 0 spiro atoms. The zero-order valence-electron chi connectivity index (χ0n) is 23.3. The fourth-order valence-corrected chi connectivity index (χ4v) is 3.64. The highest BCUT2D eigenvalue weighted by Gasteiger charge is 2.29. The van der Waals surface area contributed by atoms with Crippen LogP contribution in [0, 0.1) is 0 Å². The molecule has 0 bridgehead atoms. The van der Waals surface area contributed by atoms with Crippen LogP contribution in [0.25, 0.3) is 0 Å². The average molecular weight is 550 g/mol. The number of aliphatic imine (C=N–C) groups is 3. The molecule has 12 nitrogen and oxygen atoms in total. The molecule has 216 valence electrons. The summed E-state index contributed by atoms with van der Waals surface area (Å²) in [5, 5.41) is 29.8. The highest BCUT2D eigenvalue weighted by atomic mass is 16.5. The lowest BCUT2D eigenvalue weighted by Crippen LogP contribution is -2.31. The molecule has 1 saturated carbocycles. The summed E-state index contributed by atoms with van der Waals surface area (Å²) < 4.78 is 14.9. The molecule has 0 unspecified atom stereocenters. The summed E-state index contributed by atoms with van der Waals surface area (Å²) in [5.74, 6) is -2.89. The van der Waals surface area contributed by atoms with E-state index in [-0.39, 0.29) is 53.8 Å². The van der Waals surface area contributed by atoms with Crippen LogP contribution in [0.2, 0.25) is 0 Å². The van der Waals surface area contributed by atoms with Crippen LogP contribution in [0.3, 0.4) is 0 Å². The van der Waals surface area contributed by atoms with Gasteiger partial charge in [-0.25, -0.2) is 14.4 Å². The number of hydrogen-bond donors (Lipinski definition) is 3. The largest absolute Gasteiger partial charge is 0.512 e. The standard InChI is InChI=1S/C27H39N3O9/c1-7-37-25(34)22(16(4)31)13-28-19-10-20(29-14-23(17(5)32)26(35)38-8-2)12-21(11-19)30-15-24(18(6)33)27(36)39-9-3/h13-15,19-21,31-33H,7-12H2,1-6H3. The molecule has 0 atom stereocenters. The number of carbonyl (C=O) groups is 3. The van der Waals surface area contributed by atoms with Gasteiger partial charge in [0.25, 0.3) is 0 Å². The first kappa shape index (κ1) is 33.1. The van der Waals surface area contributed by atoms with Crippen molar-refractivity contribution in [1.82, 2.24) is 0 Å². The fourth-order valence-electron chi connectivity index (χ4n) is 3.64. The van der Waals surface area contributed by atoms with Crippen molar-refractivity contribution < 1.29 is 43.9 Å². The van der Waals surface area contributed by atoms with Crippen LogP contribution in [-0.4, -0.2) is 89.8 Å². The number of hydrogen-bond acceptors (Lipinski definition) is 12. The van der Waals surface area contributed by atoms with E-state index in [0.717, 1.165) is 0 Å². The fraction of sp³-hybridized carbons (Fsp3) is 0.556. The predicted molar refractivity (Wildman–Crippen MR) is 147 cm³/mol. The molecule has 0 heterocycles. The Balaban J connectivity index is 3.34. The Morgan fingerprint density at radius 2 is 0.821 bits per heavy atom. The van der Waals surface area contributed by atoms with E-state index in [9.17, 15) is 29.7 Å². The Kier molecular flexibility index (Phi) is 14.2. The molecule has 0 aromatic heterocycles.